The first-order valence-corrected chi connectivity index (χ1v) is 5.77. The molecule has 86 valence electrons. The lowest BCUT2D eigenvalue weighted by Crippen LogP contribution is -2.27. The van der Waals surface area contributed by atoms with Crippen LogP contribution in [0.1, 0.15) is 19.3 Å². The number of hydrogen-bond acceptors (Lipinski definition) is 3. The number of amides is 1. The molecule has 1 aromatic heterocycles. The fourth-order valence-electron chi connectivity index (χ4n) is 1.34. The zero-order valence-corrected chi connectivity index (χ0v) is 9.63. The number of aromatic nitrogens is 1. The van der Waals surface area contributed by atoms with E-state index in [2.05, 4.69) is 15.6 Å². The highest BCUT2D eigenvalue weighted by atomic mass is 35.5. The lowest BCUT2D eigenvalue weighted by Gasteiger charge is -2.07. The van der Waals surface area contributed by atoms with E-state index in [1.807, 2.05) is 0 Å². The van der Waals surface area contributed by atoms with E-state index in [4.69, 9.17) is 11.6 Å². The first-order valence-electron chi connectivity index (χ1n) is 5.39. The van der Waals surface area contributed by atoms with Crippen LogP contribution in [-0.2, 0) is 4.79 Å². The number of anilines is 1. The maximum Gasteiger partial charge on any atom is 0.221 e. The Morgan fingerprint density at radius 1 is 1.56 bits per heavy atom. The molecule has 4 nitrogen and oxygen atoms in total. The zero-order valence-electron chi connectivity index (χ0n) is 8.87. The summed E-state index contributed by atoms with van der Waals surface area (Å²) in [6.45, 7) is 0.551. The summed E-state index contributed by atoms with van der Waals surface area (Å²) in [6.07, 6.45) is 4.35. The first-order chi connectivity index (χ1) is 7.75. The molecule has 5 heteroatoms. The third-order valence-electron chi connectivity index (χ3n) is 2.35. The minimum atomic E-state index is 0.0852. The summed E-state index contributed by atoms with van der Waals surface area (Å²) >= 11 is 5.91. The smallest absolute Gasteiger partial charge is 0.221 e. The number of rotatable bonds is 5. The molecule has 1 aromatic rings. The zero-order chi connectivity index (χ0) is 11.4. The lowest BCUT2D eigenvalue weighted by atomic mass is 10.3. The molecule has 0 spiro atoms. The molecule has 0 aromatic carbocycles. The number of carbonyl (C=O) groups excluding carboxylic acids is 1. The minimum absolute atomic E-state index is 0.0852. The van der Waals surface area contributed by atoms with Gasteiger partial charge in [-0.25, -0.2) is 4.98 Å². The van der Waals surface area contributed by atoms with Gasteiger partial charge in [-0.05, 0) is 25.0 Å². The van der Waals surface area contributed by atoms with Crippen LogP contribution in [0, 0.1) is 0 Å². The Morgan fingerprint density at radius 3 is 3.06 bits per heavy atom. The van der Waals surface area contributed by atoms with E-state index >= 15 is 0 Å². The molecule has 0 atom stereocenters. The van der Waals surface area contributed by atoms with Gasteiger partial charge in [0.05, 0.1) is 5.02 Å². The van der Waals surface area contributed by atoms with E-state index in [-0.39, 0.29) is 5.91 Å². The van der Waals surface area contributed by atoms with Crippen molar-refractivity contribution in [1.82, 2.24) is 10.3 Å². The van der Waals surface area contributed by atoms with Gasteiger partial charge in [-0.2, -0.15) is 0 Å². The number of halogens is 1. The predicted molar refractivity (Wildman–Crippen MR) is 63.5 cm³/mol. The molecule has 1 fully saturated rings. The van der Waals surface area contributed by atoms with Crippen molar-refractivity contribution in [3.05, 3.63) is 23.4 Å². The van der Waals surface area contributed by atoms with Crippen molar-refractivity contribution in [3.8, 4) is 0 Å². The fourth-order valence-corrected chi connectivity index (χ4v) is 1.53. The van der Waals surface area contributed by atoms with Gasteiger partial charge in [0, 0.05) is 25.2 Å². The van der Waals surface area contributed by atoms with E-state index in [0.29, 0.717) is 29.8 Å². The summed E-state index contributed by atoms with van der Waals surface area (Å²) in [5, 5.41) is 6.53. The second-order valence-electron chi connectivity index (χ2n) is 3.85. The maximum absolute atomic E-state index is 11.4. The molecule has 0 bridgehead atoms. The quantitative estimate of drug-likeness (QED) is 0.824. The van der Waals surface area contributed by atoms with Gasteiger partial charge in [-0.1, -0.05) is 11.6 Å². The van der Waals surface area contributed by atoms with Crippen LogP contribution in [0.3, 0.4) is 0 Å². The van der Waals surface area contributed by atoms with Crippen LogP contribution in [0.5, 0.6) is 0 Å². The molecule has 1 heterocycles. The summed E-state index contributed by atoms with van der Waals surface area (Å²) in [7, 11) is 0. The summed E-state index contributed by atoms with van der Waals surface area (Å²) in [5.41, 5.74) is 0. The van der Waals surface area contributed by atoms with Crippen molar-refractivity contribution >= 4 is 23.3 Å². The van der Waals surface area contributed by atoms with Crippen LogP contribution >= 0.6 is 11.6 Å². The molecule has 2 rings (SSSR count). The first kappa shape index (κ1) is 11.2. The molecule has 1 aliphatic carbocycles. The van der Waals surface area contributed by atoms with Gasteiger partial charge < -0.3 is 10.6 Å². The van der Waals surface area contributed by atoms with E-state index in [1.165, 1.54) is 0 Å². The molecular weight excluding hydrogens is 226 g/mol. The van der Waals surface area contributed by atoms with Crippen molar-refractivity contribution < 1.29 is 4.79 Å². The molecule has 1 saturated carbocycles. The van der Waals surface area contributed by atoms with E-state index < -0.39 is 0 Å². The van der Waals surface area contributed by atoms with E-state index in [9.17, 15) is 4.79 Å². The van der Waals surface area contributed by atoms with Gasteiger partial charge in [-0.3, -0.25) is 4.79 Å². The van der Waals surface area contributed by atoms with Crippen molar-refractivity contribution in [2.75, 3.05) is 11.9 Å². The lowest BCUT2D eigenvalue weighted by molar-refractivity contribution is -0.120. The Bertz CT molecular complexity index is 379. The number of hydrogen-bond donors (Lipinski definition) is 2. The summed E-state index contributed by atoms with van der Waals surface area (Å²) in [5.74, 6) is 0.713. The summed E-state index contributed by atoms with van der Waals surface area (Å²) < 4.78 is 0. The predicted octanol–water partition coefficient (Wildman–Crippen LogP) is 1.82. The van der Waals surface area contributed by atoms with E-state index in [0.717, 1.165) is 12.8 Å². The highest BCUT2D eigenvalue weighted by Gasteiger charge is 2.22. The maximum atomic E-state index is 11.4. The van der Waals surface area contributed by atoms with Crippen molar-refractivity contribution in [2.45, 2.75) is 25.3 Å². The Hall–Kier alpha value is -1.29. The summed E-state index contributed by atoms with van der Waals surface area (Å²) in [6, 6.07) is 3.96. The third kappa shape index (κ3) is 3.38. The largest absolute Gasteiger partial charge is 0.368 e. The SMILES string of the molecule is O=C(CCNc1ncccc1Cl)NC1CC1. The second-order valence-corrected chi connectivity index (χ2v) is 4.26. The van der Waals surface area contributed by atoms with Crippen molar-refractivity contribution in [1.29, 1.82) is 0 Å². The number of nitrogens with one attached hydrogen (secondary N) is 2. The van der Waals surface area contributed by atoms with Crippen LogP contribution in [0.25, 0.3) is 0 Å². The van der Waals surface area contributed by atoms with Crippen LogP contribution in [0.4, 0.5) is 5.82 Å². The third-order valence-corrected chi connectivity index (χ3v) is 2.65. The monoisotopic (exact) mass is 239 g/mol. The summed E-state index contributed by atoms with van der Waals surface area (Å²) in [4.78, 5) is 15.4. The van der Waals surface area contributed by atoms with Crippen LogP contribution in [-0.4, -0.2) is 23.5 Å². The highest BCUT2D eigenvalue weighted by molar-refractivity contribution is 6.32. The van der Waals surface area contributed by atoms with Crippen LogP contribution in [0.15, 0.2) is 18.3 Å². The average molecular weight is 240 g/mol. The van der Waals surface area contributed by atoms with Gasteiger partial charge in [-0.15, -0.1) is 0 Å². The normalized spacial score (nSPS) is 14.6. The Balaban J connectivity index is 1.70. The average Bonchev–Trinajstić information content (AvgIpc) is 3.05. The molecule has 0 aliphatic heterocycles. The standard InChI is InChI=1S/C11H14ClN3O/c12-9-2-1-6-13-11(9)14-7-5-10(16)15-8-3-4-8/h1-2,6,8H,3-5,7H2,(H,13,14)(H,15,16). The number of carbonyl (C=O) groups is 1. The van der Waals surface area contributed by atoms with Gasteiger partial charge in [0.2, 0.25) is 5.91 Å². The molecule has 16 heavy (non-hydrogen) atoms. The Morgan fingerprint density at radius 2 is 2.38 bits per heavy atom. The molecule has 0 unspecified atom stereocenters. The van der Waals surface area contributed by atoms with Crippen LogP contribution < -0.4 is 10.6 Å². The molecule has 2 N–H and O–H groups in total. The molecule has 0 saturated heterocycles. The van der Waals surface area contributed by atoms with Gasteiger partial charge in [0.15, 0.2) is 0 Å². The Labute approximate surface area is 99.4 Å². The fraction of sp³-hybridized carbons (Fsp3) is 0.455. The van der Waals surface area contributed by atoms with Gasteiger partial charge in [0.25, 0.3) is 0 Å². The van der Waals surface area contributed by atoms with Gasteiger partial charge >= 0.3 is 0 Å². The second kappa shape index (κ2) is 5.16. The van der Waals surface area contributed by atoms with E-state index in [1.54, 1.807) is 18.3 Å². The van der Waals surface area contributed by atoms with Crippen molar-refractivity contribution in [3.63, 3.8) is 0 Å². The number of nitrogens with zero attached hydrogens (tertiary/aromatic N) is 1. The van der Waals surface area contributed by atoms with Gasteiger partial charge in [0.1, 0.15) is 5.82 Å². The molecule has 1 aliphatic rings. The van der Waals surface area contributed by atoms with Crippen molar-refractivity contribution in [2.24, 2.45) is 0 Å². The minimum Gasteiger partial charge on any atom is -0.368 e. The number of pyridine rings is 1. The topological polar surface area (TPSA) is 54.0 Å². The molecule has 0 radical (unpaired) electrons. The van der Waals surface area contributed by atoms with Crippen LogP contribution in [0.2, 0.25) is 5.02 Å². The highest BCUT2D eigenvalue weighted by Crippen LogP contribution is 2.19. The Kier molecular flexibility index (Phi) is 3.62. The molecular formula is C11H14ClN3O. The molecule has 1 amide bonds.